The molecular weight excluding hydrogens is 332 g/mol. The molecule has 1 aromatic carbocycles. The lowest BCUT2D eigenvalue weighted by atomic mass is 10.3. The lowest BCUT2D eigenvalue weighted by Gasteiger charge is -2.13. The highest BCUT2D eigenvalue weighted by molar-refractivity contribution is 5.83. The van der Waals surface area contributed by atoms with Crippen LogP contribution in [0.4, 0.5) is 5.69 Å². The molecule has 0 spiro atoms. The van der Waals surface area contributed by atoms with Gasteiger partial charge in [-0.2, -0.15) is 0 Å². The molecule has 1 atom stereocenters. The number of benzene rings is 1. The summed E-state index contributed by atoms with van der Waals surface area (Å²) < 4.78 is 15.1. The van der Waals surface area contributed by atoms with Gasteiger partial charge in [-0.25, -0.2) is 4.79 Å². The van der Waals surface area contributed by atoms with Crippen molar-refractivity contribution in [1.29, 1.82) is 0 Å². The SMILES string of the molecule is C[C@@H](OC(=O)COc1ccccc1[N+](=O)[O-])C(=O)NCc1ccco1. The number of esters is 1. The standard InChI is InChI=1S/C16H16N2O7/c1-11(16(20)17-9-12-5-4-8-23-12)25-15(19)10-24-14-7-3-2-6-13(14)18(21)22/h2-8,11H,9-10H2,1H3,(H,17,20)/t11-/m1/s1. The normalized spacial score (nSPS) is 11.4. The van der Waals surface area contributed by atoms with Gasteiger partial charge in [0.15, 0.2) is 18.5 Å². The zero-order valence-corrected chi connectivity index (χ0v) is 13.3. The molecule has 1 heterocycles. The average molecular weight is 348 g/mol. The topological polar surface area (TPSA) is 121 Å². The molecule has 9 nitrogen and oxygen atoms in total. The van der Waals surface area contributed by atoms with Gasteiger partial charge in [0.25, 0.3) is 5.91 Å². The van der Waals surface area contributed by atoms with Gasteiger partial charge in [0, 0.05) is 6.07 Å². The first kappa shape index (κ1) is 18.0. The van der Waals surface area contributed by atoms with Gasteiger partial charge < -0.3 is 19.2 Å². The predicted octanol–water partition coefficient (Wildman–Crippen LogP) is 1.81. The minimum Gasteiger partial charge on any atom is -0.475 e. The summed E-state index contributed by atoms with van der Waals surface area (Å²) in [4.78, 5) is 33.8. The zero-order valence-electron chi connectivity index (χ0n) is 13.3. The molecule has 1 N–H and O–H groups in total. The number of ether oxygens (including phenoxy) is 2. The van der Waals surface area contributed by atoms with Gasteiger partial charge in [-0.1, -0.05) is 12.1 Å². The molecule has 0 aliphatic carbocycles. The average Bonchev–Trinajstić information content (AvgIpc) is 3.11. The fraction of sp³-hybridized carbons (Fsp3) is 0.250. The molecule has 2 rings (SSSR count). The largest absolute Gasteiger partial charge is 0.475 e. The van der Waals surface area contributed by atoms with Crippen molar-refractivity contribution in [1.82, 2.24) is 5.32 Å². The lowest BCUT2D eigenvalue weighted by molar-refractivity contribution is -0.385. The predicted molar refractivity (Wildman–Crippen MR) is 84.7 cm³/mol. The van der Waals surface area contributed by atoms with Gasteiger partial charge >= 0.3 is 11.7 Å². The van der Waals surface area contributed by atoms with E-state index in [0.29, 0.717) is 5.76 Å². The number of carbonyl (C=O) groups excluding carboxylic acids is 2. The number of para-hydroxylation sites is 2. The molecule has 25 heavy (non-hydrogen) atoms. The number of rotatable bonds is 8. The molecule has 0 aliphatic rings. The van der Waals surface area contributed by atoms with Crippen molar-refractivity contribution in [3.63, 3.8) is 0 Å². The van der Waals surface area contributed by atoms with Crippen LogP contribution in [0.25, 0.3) is 0 Å². The van der Waals surface area contributed by atoms with E-state index in [1.54, 1.807) is 18.2 Å². The number of nitrogens with one attached hydrogen (secondary N) is 1. The van der Waals surface area contributed by atoms with Crippen LogP contribution in [-0.2, 0) is 20.9 Å². The molecule has 132 valence electrons. The van der Waals surface area contributed by atoms with E-state index in [1.807, 2.05) is 0 Å². The van der Waals surface area contributed by atoms with Crippen molar-refractivity contribution in [2.75, 3.05) is 6.61 Å². The number of nitrogens with zero attached hydrogens (tertiary/aromatic N) is 1. The Kier molecular flexibility index (Phi) is 6.10. The number of hydrogen-bond donors (Lipinski definition) is 1. The summed E-state index contributed by atoms with van der Waals surface area (Å²) in [6.07, 6.45) is 0.433. The van der Waals surface area contributed by atoms with Crippen LogP contribution in [0.2, 0.25) is 0 Å². The third-order valence-electron chi connectivity index (χ3n) is 3.10. The number of furan rings is 1. The lowest BCUT2D eigenvalue weighted by Crippen LogP contribution is -2.36. The Labute approximate surface area is 142 Å². The Bertz CT molecular complexity index is 743. The van der Waals surface area contributed by atoms with E-state index in [-0.39, 0.29) is 18.0 Å². The maximum absolute atomic E-state index is 11.8. The summed E-state index contributed by atoms with van der Waals surface area (Å²) in [7, 11) is 0. The molecule has 9 heteroatoms. The second-order valence-electron chi connectivity index (χ2n) is 4.94. The maximum Gasteiger partial charge on any atom is 0.344 e. The first-order chi connectivity index (χ1) is 12.0. The van der Waals surface area contributed by atoms with Crippen LogP contribution in [0.3, 0.4) is 0 Å². The first-order valence-corrected chi connectivity index (χ1v) is 7.33. The van der Waals surface area contributed by atoms with Gasteiger partial charge in [0.05, 0.1) is 17.7 Å². The van der Waals surface area contributed by atoms with Crippen molar-refractivity contribution >= 4 is 17.6 Å². The number of nitro groups is 1. The van der Waals surface area contributed by atoms with E-state index < -0.39 is 29.5 Å². The van der Waals surface area contributed by atoms with Crippen molar-refractivity contribution in [2.45, 2.75) is 19.6 Å². The van der Waals surface area contributed by atoms with Crippen LogP contribution in [0, 0.1) is 10.1 Å². The minimum absolute atomic E-state index is 0.0561. The molecule has 2 aromatic rings. The fourth-order valence-electron chi connectivity index (χ4n) is 1.88. The summed E-state index contributed by atoms with van der Waals surface area (Å²) >= 11 is 0. The molecule has 0 aliphatic heterocycles. The van der Waals surface area contributed by atoms with Gasteiger partial charge in [-0.15, -0.1) is 0 Å². The number of hydrogen-bond acceptors (Lipinski definition) is 7. The summed E-state index contributed by atoms with van der Waals surface area (Å²) in [5, 5.41) is 13.4. The van der Waals surface area contributed by atoms with Crippen LogP contribution in [0.5, 0.6) is 5.75 Å². The summed E-state index contributed by atoms with van der Waals surface area (Å²) in [6.45, 7) is 1.02. The smallest absolute Gasteiger partial charge is 0.344 e. The molecule has 0 bridgehead atoms. The first-order valence-electron chi connectivity index (χ1n) is 7.33. The van der Waals surface area contributed by atoms with Gasteiger partial charge in [0.1, 0.15) is 5.76 Å². The highest BCUT2D eigenvalue weighted by Crippen LogP contribution is 2.25. The number of amides is 1. The van der Waals surface area contributed by atoms with Crippen molar-refractivity contribution in [2.24, 2.45) is 0 Å². The van der Waals surface area contributed by atoms with E-state index in [9.17, 15) is 19.7 Å². The van der Waals surface area contributed by atoms with Crippen molar-refractivity contribution in [3.8, 4) is 5.75 Å². The molecule has 1 aromatic heterocycles. The van der Waals surface area contributed by atoms with Gasteiger partial charge in [0.2, 0.25) is 0 Å². The van der Waals surface area contributed by atoms with Gasteiger partial charge in [-0.3, -0.25) is 14.9 Å². The second kappa shape index (κ2) is 8.48. The van der Waals surface area contributed by atoms with E-state index in [4.69, 9.17) is 13.9 Å². The van der Waals surface area contributed by atoms with E-state index >= 15 is 0 Å². The van der Waals surface area contributed by atoms with Crippen LogP contribution >= 0.6 is 0 Å². The third kappa shape index (κ3) is 5.34. The van der Waals surface area contributed by atoms with E-state index in [0.717, 1.165) is 0 Å². The van der Waals surface area contributed by atoms with Crippen molar-refractivity contribution < 1.29 is 28.4 Å². The highest BCUT2D eigenvalue weighted by atomic mass is 16.6. The molecular formula is C16H16N2O7. The Morgan fingerprint density at radius 3 is 2.72 bits per heavy atom. The number of nitro benzene ring substituents is 1. The monoisotopic (exact) mass is 348 g/mol. The third-order valence-corrected chi connectivity index (χ3v) is 3.10. The van der Waals surface area contributed by atoms with Gasteiger partial charge in [-0.05, 0) is 25.1 Å². The Morgan fingerprint density at radius 2 is 2.04 bits per heavy atom. The Morgan fingerprint density at radius 1 is 1.28 bits per heavy atom. The zero-order chi connectivity index (χ0) is 18.2. The molecule has 0 saturated carbocycles. The quantitative estimate of drug-likeness (QED) is 0.439. The highest BCUT2D eigenvalue weighted by Gasteiger charge is 2.20. The number of carbonyl (C=O) groups is 2. The second-order valence-corrected chi connectivity index (χ2v) is 4.94. The van der Waals surface area contributed by atoms with E-state index in [2.05, 4.69) is 5.32 Å². The summed E-state index contributed by atoms with van der Waals surface area (Å²) in [5.74, 6) is -0.819. The van der Waals surface area contributed by atoms with Crippen LogP contribution in [-0.4, -0.2) is 29.5 Å². The molecule has 0 unspecified atom stereocenters. The molecule has 0 saturated heterocycles. The van der Waals surface area contributed by atoms with Crippen LogP contribution in [0.15, 0.2) is 47.1 Å². The molecule has 0 fully saturated rings. The fourth-order valence-corrected chi connectivity index (χ4v) is 1.88. The Hall–Kier alpha value is -3.36. The summed E-state index contributed by atoms with van der Waals surface area (Å²) in [6, 6.07) is 9.02. The van der Waals surface area contributed by atoms with Crippen LogP contribution < -0.4 is 10.1 Å². The van der Waals surface area contributed by atoms with E-state index in [1.165, 1.54) is 31.4 Å². The Balaban J connectivity index is 1.79. The maximum atomic E-state index is 11.8. The van der Waals surface area contributed by atoms with Crippen LogP contribution in [0.1, 0.15) is 12.7 Å². The summed E-state index contributed by atoms with van der Waals surface area (Å²) in [5.41, 5.74) is -0.264. The molecule has 1 amide bonds. The van der Waals surface area contributed by atoms with Crippen molar-refractivity contribution in [3.05, 3.63) is 58.5 Å². The minimum atomic E-state index is -1.04. The molecule has 0 radical (unpaired) electrons.